The second-order valence-electron chi connectivity index (χ2n) is 35.8. The van der Waals surface area contributed by atoms with E-state index in [-0.39, 0.29) is 129 Å². The van der Waals surface area contributed by atoms with E-state index < -0.39 is 369 Å². The first-order chi connectivity index (χ1) is 69.3. The lowest BCUT2D eigenvalue weighted by Gasteiger charge is -2.46. The molecule has 0 aromatic rings. The SMILES string of the molecule is CCNC(=O)CCC(=O)[C@H](CCC(=O)NCCO[C@H]1O[C@H](CO[C@H]2O[C@H](CO)[C@@H](O)[C@H](O)[C@@H]2O)[C@@H](O)[C@H](O[C@H]2O[C@H](CO)[C@@H](O)[C@H](O)[C@@H]2O)[C@@H]1O)NC(=O)CCCC(=O)NCCO[C@@H]1O[C@@H](C)[C@@H](O)[C@@H](O)[C@@H]1O.CCNC(=O)CCC(=O)[C@H](CCC(=O)NCCO[C@H]1O[C@H](CO[C@H]2O[C@H](CO)[C@@H](O)[C@H](O)[C@@H]2O)[C@@H](O)[C@H](O[C@H]2O[C@H](CO)[C@@H](O)[C@H](O)[C@@H]2O)[C@@H]1O)NC(=O)CCCC(=O)NCCO[C@@H]1O[C@@H](C)[C@@H](O)[C@@H](O)[C@@H]1O. The summed E-state index contributed by atoms with van der Waals surface area (Å²) in [5.74, 6) is -5.35. The molecule has 0 unspecified atom stereocenters. The fraction of sp³-hybridized carbons (Fsp3) is 0.884. The highest BCUT2D eigenvalue weighted by atomic mass is 16.8. The highest BCUT2D eigenvalue weighted by Crippen LogP contribution is 2.35. The molecule has 60 heteroatoms. The third kappa shape index (κ3) is 37.4. The van der Waals surface area contributed by atoms with Crippen molar-refractivity contribution in [2.45, 2.75) is 375 Å². The van der Waals surface area contributed by atoms with E-state index in [1.54, 1.807) is 13.8 Å². The smallest absolute Gasteiger partial charge is 0.220 e. The van der Waals surface area contributed by atoms with Crippen LogP contribution in [0.5, 0.6) is 0 Å². The Labute approximate surface area is 835 Å². The molecule has 60 nitrogen and oxygen atoms in total. The highest BCUT2D eigenvalue weighted by molar-refractivity contribution is 5.93. The molecule has 0 saturated carbocycles. The van der Waals surface area contributed by atoms with Gasteiger partial charge in [0.05, 0.1) is 90.4 Å². The van der Waals surface area contributed by atoms with Gasteiger partial charge in [-0.15, -0.1) is 0 Å². The van der Waals surface area contributed by atoms with Crippen LogP contribution in [0.2, 0.25) is 0 Å². The number of hydrogen-bond acceptors (Lipinski definition) is 52. The first-order valence-electron chi connectivity index (χ1n) is 48.2. The van der Waals surface area contributed by atoms with Crippen molar-refractivity contribution >= 4 is 58.8 Å². The van der Waals surface area contributed by atoms with Crippen LogP contribution in [-0.2, 0) is 124 Å². The van der Waals surface area contributed by atoms with Gasteiger partial charge in [0.25, 0.3) is 0 Å². The van der Waals surface area contributed by atoms with Crippen LogP contribution in [0.1, 0.15) is 118 Å². The second kappa shape index (κ2) is 63.2. The van der Waals surface area contributed by atoms with E-state index in [0.717, 1.165) is 0 Å². The second-order valence-corrected chi connectivity index (χ2v) is 35.8. The molecule has 0 radical (unpaired) electrons. The van der Waals surface area contributed by atoms with E-state index in [1.807, 2.05) is 0 Å². The van der Waals surface area contributed by atoms with Crippen molar-refractivity contribution in [3.8, 4) is 0 Å². The molecule has 0 aromatic heterocycles. The Morgan fingerprint density at radius 1 is 0.247 bits per heavy atom. The number of carbonyl (C=O) groups excluding carboxylic acids is 10. The summed E-state index contributed by atoms with van der Waals surface area (Å²) in [4.78, 5) is 127. The number of rotatable bonds is 56. The predicted octanol–water partition coefficient (Wildman–Crippen LogP) is -19.1. The number of carbonyl (C=O) groups is 10. The third-order valence-electron chi connectivity index (χ3n) is 24.9. The zero-order chi connectivity index (χ0) is 108. The molecule has 0 aromatic carbocycles. The lowest BCUT2D eigenvalue weighted by Crippen LogP contribution is -2.65. The maximum Gasteiger partial charge on any atom is 0.220 e. The molecule has 8 amide bonds. The maximum atomic E-state index is 13.2. The molecular weight excluding hydrogens is 1980 g/mol. The van der Waals surface area contributed by atoms with Gasteiger partial charge in [-0.05, 0) is 53.4 Å². The van der Waals surface area contributed by atoms with Crippen molar-refractivity contribution in [2.75, 3.05) is 105 Å². The minimum atomic E-state index is -1.97. The summed E-state index contributed by atoms with van der Waals surface area (Å²) in [5, 5.41) is 287. The summed E-state index contributed by atoms with van der Waals surface area (Å²) >= 11 is 0. The molecule has 8 heterocycles. The number of ketones is 2. The third-order valence-corrected chi connectivity index (χ3v) is 24.9. The Bertz CT molecular complexity index is 3680. The molecule has 8 rings (SSSR count). The fourth-order valence-electron chi connectivity index (χ4n) is 16.2. The van der Waals surface area contributed by atoms with Gasteiger partial charge in [-0.3, -0.25) is 47.9 Å². The number of hydrogen-bond donors (Lipinski definition) is 34. The van der Waals surface area contributed by atoms with Crippen LogP contribution in [0.3, 0.4) is 0 Å². The number of aliphatic hydroxyl groups is 26. The molecule has 34 N–H and O–H groups in total. The largest absolute Gasteiger partial charge is 0.394 e. The number of ether oxygens (including phenoxy) is 16. The average Bonchev–Trinajstić information content (AvgIpc) is 0.784. The van der Waals surface area contributed by atoms with Crippen molar-refractivity contribution in [1.29, 1.82) is 0 Å². The van der Waals surface area contributed by atoms with E-state index in [1.165, 1.54) is 13.8 Å². The van der Waals surface area contributed by atoms with Crippen LogP contribution in [0.25, 0.3) is 0 Å². The van der Waals surface area contributed by atoms with Crippen LogP contribution >= 0.6 is 0 Å². The zero-order valence-electron chi connectivity index (χ0n) is 80.7. The van der Waals surface area contributed by atoms with Gasteiger partial charge in [0.1, 0.15) is 183 Å². The monoisotopic (exact) mass is 2120 g/mol. The van der Waals surface area contributed by atoms with Crippen LogP contribution in [0, 0.1) is 0 Å². The van der Waals surface area contributed by atoms with Crippen molar-refractivity contribution in [3.63, 3.8) is 0 Å². The molecule has 8 aliphatic heterocycles. The Morgan fingerprint density at radius 2 is 0.486 bits per heavy atom. The zero-order valence-corrected chi connectivity index (χ0v) is 80.7. The quantitative estimate of drug-likeness (QED) is 0.0251. The van der Waals surface area contributed by atoms with Crippen molar-refractivity contribution < 1.29 is 257 Å². The summed E-state index contributed by atoms with van der Waals surface area (Å²) < 4.78 is 88.0. The number of nitrogens with one attached hydrogen (secondary N) is 8. The molecule has 844 valence electrons. The topological polar surface area (TPSA) is 941 Å². The van der Waals surface area contributed by atoms with Gasteiger partial charge in [-0.25, -0.2) is 0 Å². The van der Waals surface area contributed by atoms with Gasteiger partial charge < -0.3 is 251 Å². The summed E-state index contributed by atoms with van der Waals surface area (Å²) in [6.45, 7) is 0.702. The summed E-state index contributed by atoms with van der Waals surface area (Å²) in [6, 6.07) is -2.43. The van der Waals surface area contributed by atoms with Crippen molar-refractivity contribution in [2.24, 2.45) is 0 Å². The normalized spacial score (nSPS) is 37.2. The molecule has 0 spiro atoms. The minimum Gasteiger partial charge on any atom is -0.394 e. The Balaban J connectivity index is 0.000000396. The van der Waals surface area contributed by atoms with Crippen LogP contribution in [0.4, 0.5) is 0 Å². The highest BCUT2D eigenvalue weighted by Gasteiger charge is 2.56. The van der Waals surface area contributed by atoms with Gasteiger partial charge in [0.15, 0.2) is 61.9 Å². The first-order valence-corrected chi connectivity index (χ1v) is 48.2. The van der Waals surface area contributed by atoms with Gasteiger partial charge in [-0.2, -0.15) is 0 Å². The fourth-order valence-corrected chi connectivity index (χ4v) is 16.2. The summed E-state index contributed by atoms with van der Waals surface area (Å²) in [6.07, 6.45) is -68.0. The molecule has 42 atom stereocenters. The molecule has 146 heavy (non-hydrogen) atoms. The van der Waals surface area contributed by atoms with Crippen molar-refractivity contribution in [3.05, 3.63) is 0 Å². The van der Waals surface area contributed by atoms with E-state index in [0.29, 0.717) is 13.1 Å². The maximum absolute atomic E-state index is 13.2. The van der Waals surface area contributed by atoms with E-state index in [4.69, 9.17) is 75.8 Å². The van der Waals surface area contributed by atoms with Gasteiger partial charge in [-0.1, -0.05) is 0 Å². The van der Waals surface area contributed by atoms with Gasteiger partial charge >= 0.3 is 0 Å². The summed E-state index contributed by atoms with van der Waals surface area (Å²) in [7, 11) is 0. The van der Waals surface area contributed by atoms with Crippen LogP contribution in [-0.4, -0.2) is 555 Å². The molecule has 0 aliphatic carbocycles. The van der Waals surface area contributed by atoms with E-state index in [2.05, 4.69) is 42.5 Å². The van der Waals surface area contributed by atoms with Crippen LogP contribution in [0.15, 0.2) is 0 Å². The molecule has 0 bridgehead atoms. The standard InChI is InChI=1S/2C43H74N4O26/c2*1-3-44-25(52)10-8-20(50)19(47-27(54)6-4-5-24(51)45-11-13-66-40-35(62)32(59)28(55)18(2)69-40)7-9-26(53)46-12-14-67-42-38(65)39(73-43-37(64)34(61)30(57)22(16-49)71-43)31(58)23(72-42)17-68-41-36(63)33(60)29(56)21(15-48)70-41/h2*18-19,21-23,28-43,48-49,55-65H,3-17H2,1-2H3,(H,44,52)(H,45,51)(H,46,53)(H,47,54)/t2*18-,19-,21+,22+,23+,28+,29+,30+,31+,32+,33-,34-,35-,36-,37-,38-,39-,40+,41-,42-,43+/m00/s1. The minimum absolute atomic E-state index is 0.0154. The van der Waals surface area contributed by atoms with E-state index in [9.17, 15) is 181 Å². The Kier molecular flexibility index (Phi) is 54.7. The van der Waals surface area contributed by atoms with Gasteiger partial charge in [0, 0.05) is 103 Å². The molecular formula is C86H148N8O52. The first kappa shape index (κ1) is 126. The lowest BCUT2D eigenvalue weighted by atomic mass is 9.96. The van der Waals surface area contributed by atoms with Crippen LogP contribution < -0.4 is 42.5 Å². The number of amides is 8. The Morgan fingerprint density at radius 3 is 0.774 bits per heavy atom. The number of aliphatic hydroxyl groups excluding tert-OH is 26. The average molecular weight is 2130 g/mol. The van der Waals surface area contributed by atoms with E-state index >= 15 is 0 Å². The van der Waals surface area contributed by atoms with Gasteiger partial charge in [0.2, 0.25) is 47.3 Å². The molecule has 8 saturated heterocycles. The Hall–Kier alpha value is -6.58. The number of Topliss-reactive ketones (excluding diaryl/α,β-unsaturated/α-hetero) is 2. The summed E-state index contributed by atoms with van der Waals surface area (Å²) in [5.41, 5.74) is 0. The van der Waals surface area contributed by atoms with Crippen molar-refractivity contribution in [1.82, 2.24) is 42.5 Å². The predicted molar refractivity (Wildman–Crippen MR) is 475 cm³/mol. The molecule has 8 fully saturated rings. The molecule has 8 aliphatic rings. The lowest BCUT2D eigenvalue weighted by molar-refractivity contribution is -0.366.